The third-order valence-corrected chi connectivity index (χ3v) is 5.80. The average Bonchev–Trinajstić information content (AvgIpc) is 2.94. The summed E-state index contributed by atoms with van der Waals surface area (Å²) in [6.45, 7) is 1.17. The lowest BCUT2D eigenvalue weighted by Crippen LogP contribution is -2.43. The lowest BCUT2D eigenvalue weighted by molar-refractivity contribution is -0.134. The Morgan fingerprint density at radius 1 is 1.17 bits per heavy atom. The first-order chi connectivity index (χ1) is 14.3. The number of amides is 4. The molecule has 0 spiro atoms. The molecule has 158 valence electrons. The molecule has 2 aromatic carbocycles. The molecule has 3 rings (SSSR count). The van der Waals surface area contributed by atoms with Crippen molar-refractivity contribution in [3.05, 3.63) is 65.7 Å². The fourth-order valence-electron chi connectivity index (χ4n) is 3.11. The molecular weight excluding hydrogens is 412 g/mol. The van der Waals surface area contributed by atoms with E-state index in [-0.39, 0.29) is 5.56 Å². The molecule has 6 nitrogen and oxygen atoms in total. The van der Waals surface area contributed by atoms with Crippen LogP contribution >= 0.6 is 11.8 Å². The summed E-state index contributed by atoms with van der Waals surface area (Å²) >= 11 is 1.66. The highest BCUT2D eigenvalue weighted by Crippen LogP contribution is 2.31. The number of nitrogens with one attached hydrogen (secondary N) is 2. The Bertz CT molecular complexity index is 958. The molecule has 0 aliphatic carbocycles. The summed E-state index contributed by atoms with van der Waals surface area (Å²) in [5, 5.41) is 5.03. The molecular formula is C21H21F2N3O3S. The molecule has 2 aromatic rings. The fraction of sp³-hybridized carbons (Fsp3) is 0.286. The van der Waals surface area contributed by atoms with Crippen LogP contribution in [0.2, 0.25) is 0 Å². The highest BCUT2D eigenvalue weighted by atomic mass is 32.2. The summed E-state index contributed by atoms with van der Waals surface area (Å²) in [6.07, 6.45) is 0.706. The van der Waals surface area contributed by atoms with E-state index < -0.39 is 41.6 Å². The number of rotatable bonds is 8. The average molecular weight is 433 g/mol. The first-order valence-corrected chi connectivity index (χ1v) is 10.3. The maximum Gasteiger partial charge on any atom is 0.325 e. The van der Waals surface area contributed by atoms with Crippen molar-refractivity contribution in [2.45, 2.75) is 23.8 Å². The minimum Gasteiger partial charge on any atom is -0.355 e. The Balaban J connectivity index is 1.52. The van der Waals surface area contributed by atoms with Gasteiger partial charge in [-0.3, -0.25) is 14.5 Å². The molecule has 1 fully saturated rings. The van der Waals surface area contributed by atoms with Gasteiger partial charge < -0.3 is 10.6 Å². The van der Waals surface area contributed by atoms with E-state index in [2.05, 4.69) is 10.6 Å². The largest absolute Gasteiger partial charge is 0.355 e. The summed E-state index contributed by atoms with van der Waals surface area (Å²) in [4.78, 5) is 39.0. The number of urea groups is 1. The summed E-state index contributed by atoms with van der Waals surface area (Å²) < 4.78 is 27.7. The number of imide groups is 1. The van der Waals surface area contributed by atoms with Crippen molar-refractivity contribution in [3.63, 3.8) is 0 Å². The van der Waals surface area contributed by atoms with Crippen LogP contribution in [-0.2, 0) is 15.1 Å². The summed E-state index contributed by atoms with van der Waals surface area (Å²) in [7, 11) is 0. The van der Waals surface area contributed by atoms with Crippen molar-refractivity contribution < 1.29 is 23.2 Å². The Kier molecular flexibility index (Phi) is 6.71. The van der Waals surface area contributed by atoms with Crippen LogP contribution in [0.25, 0.3) is 0 Å². The van der Waals surface area contributed by atoms with Gasteiger partial charge in [0.1, 0.15) is 23.7 Å². The van der Waals surface area contributed by atoms with Gasteiger partial charge in [-0.25, -0.2) is 13.6 Å². The van der Waals surface area contributed by atoms with Gasteiger partial charge in [-0.15, -0.1) is 11.8 Å². The van der Waals surface area contributed by atoms with Crippen LogP contribution < -0.4 is 10.6 Å². The van der Waals surface area contributed by atoms with Crippen molar-refractivity contribution in [1.82, 2.24) is 15.5 Å². The van der Waals surface area contributed by atoms with Gasteiger partial charge in [-0.1, -0.05) is 18.2 Å². The lowest BCUT2D eigenvalue weighted by Gasteiger charge is -2.22. The van der Waals surface area contributed by atoms with Crippen LogP contribution in [0.5, 0.6) is 0 Å². The zero-order chi connectivity index (χ0) is 21.7. The second-order valence-electron chi connectivity index (χ2n) is 6.94. The number of halogens is 2. The van der Waals surface area contributed by atoms with E-state index >= 15 is 0 Å². The van der Waals surface area contributed by atoms with E-state index in [1.54, 1.807) is 11.8 Å². The maximum atomic E-state index is 14.1. The van der Waals surface area contributed by atoms with Crippen LogP contribution in [-0.4, -0.2) is 41.6 Å². The summed E-state index contributed by atoms with van der Waals surface area (Å²) in [5.41, 5.74) is -2.07. The molecule has 1 saturated heterocycles. The summed E-state index contributed by atoms with van der Waals surface area (Å²) in [5.74, 6) is -2.09. The smallest absolute Gasteiger partial charge is 0.325 e. The Hall–Kier alpha value is -2.94. The number of nitrogens with zero attached hydrogens (tertiary/aromatic N) is 1. The minimum absolute atomic E-state index is 0.290. The molecule has 0 saturated carbocycles. The zero-order valence-electron chi connectivity index (χ0n) is 16.3. The first kappa shape index (κ1) is 21.8. The van der Waals surface area contributed by atoms with Crippen LogP contribution in [0.3, 0.4) is 0 Å². The molecule has 1 heterocycles. The fourth-order valence-corrected chi connectivity index (χ4v) is 3.98. The van der Waals surface area contributed by atoms with Crippen LogP contribution in [0.1, 0.15) is 18.9 Å². The van der Waals surface area contributed by atoms with E-state index in [4.69, 9.17) is 0 Å². The topological polar surface area (TPSA) is 78.5 Å². The Morgan fingerprint density at radius 3 is 2.63 bits per heavy atom. The van der Waals surface area contributed by atoms with Gasteiger partial charge in [0.15, 0.2) is 0 Å². The van der Waals surface area contributed by atoms with Crippen molar-refractivity contribution >= 4 is 29.6 Å². The zero-order valence-corrected chi connectivity index (χ0v) is 17.1. The predicted octanol–water partition coefficient (Wildman–Crippen LogP) is 3.03. The van der Waals surface area contributed by atoms with E-state index in [9.17, 15) is 23.2 Å². The van der Waals surface area contributed by atoms with Crippen LogP contribution in [0, 0.1) is 11.6 Å². The Morgan fingerprint density at radius 2 is 1.90 bits per heavy atom. The number of hydrogen-bond acceptors (Lipinski definition) is 4. The number of thioether (sulfide) groups is 1. The predicted molar refractivity (Wildman–Crippen MR) is 109 cm³/mol. The van der Waals surface area contributed by atoms with Gasteiger partial charge in [-0.05, 0) is 49.4 Å². The molecule has 0 aromatic heterocycles. The van der Waals surface area contributed by atoms with Gasteiger partial charge in [0.2, 0.25) is 5.91 Å². The normalized spacial score (nSPS) is 18.4. The maximum absolute atomic E-state index is 14.1. The number of carbonyl (C=O) groups is 3. The molecule has 2 N–H and O–H groups in total. The van der Waals surface area contributed by atoms with E-state index in [1.807, 2.05) is 30.3 Å². The van der Waals surface area contributed by atoms with Gasteiger partial charge in [0.25, 0.3) is 5.91 Å². The van der Waals surface area contributed by atoms with Crippen LogP contribution in [0.4, 0.5) is 13.6 Å². The number of carbonyl (C=O) groups excluding carboxylic acids is 3. The quantitative estimate of drug-likeness (QED) is 0.381. The SMILES string of the molecule is C[C@@]1(c2cc(F)ccc2F)NC(=O)N(CC(=O)NCCCSc2ccccc2)C1=O. The van der Waals surface area contributed by atoms with Crippen LogP contribution in [0.15, 0.2) is 53.4 Å². The molecule has 9 heteroatoms. The highest BCUT2D eigenvalue weighted by Gasteiger charge is 2.50. The van der Waals surface area contributed by atoms with Crippen molar-refractivity contribution in [2.24, 2.45) is 0 Å². The number of hydrogen-bond donors (Lipinski definition) is 2. The van der Waals surface area contributed by atoms with Crippen molar-refractivity contribution in [2.75, 3.05) is 18.8 Å². The molecule has 0 unspecified atom stereocenters. The first-order valence-electron chi connectivity index (χ1n) is 9.35. The van der Waals surface area contributed by atoms with Gasteiger partial charge in [-0.2, -0.15) is 0 Å². The molecule has 1 atom stereocenters. The molecule has 1 aliphatic heterocycles. The third-order valence-electron chi connectivity index (χ3n) is 4.70. The summed E-state index contributed by atoms with van der Waals surface area (Å²) in [6, 6.07) is 11.7. The van der Waals surface area contributed by atoms with Crippen molar-refractivity contribution in [1.29, 1.82) is 0 Å². The van der Waals surface area contributed by atoms with Gasteiger partial charge in [0, 0.05) is 17.0 Å². The van der Waals surface area contributed by atoms with E-state index in [1.165, 1.54) is 6.92 Å². The van der Waals surface area contributed by atoms with Crippen molar-refractivity contribution in [3.8, 4) is 0 Å². The standard InChI is InChI=1S/C21H21F2N3O3S/c1-21(16-12-14(22)8-9-17(16)23)19(28)26(20(29)25-21)13-18(27)24-10-5-11-30-15-6-3-2-4-7-15/h2-4,6-9,12H,5,10-11,13H2,1H3,(H,24,27)(H,25,29)/t21-/m0/s1. The molecule has 1 aliphatic rings. The van der Waals surface area contributed by atoms with E-state index in [0.717, 1.165) is 28.8 Å². The second kappa shape index (κ2) is 9.25. The minimum atomic E-state index is -1.78. The van der Waals surface area contributed by atoms with Gasteiger partial charge >= 0.3 is 6.03 Å². The monoisotopic (exact) mass is 433 g/mol. The van der Waals surface area contributed by atoms with Gasteiger partial charge in [0.05, 0.1) is 0 Å². The number of benzene rings is 2. The third kappa shape index (κ3) is 4.79. The molecule has 0 radical (unpaired) electrons. The molecule has 0 bridgehead atoms. The lowest BCUT2D eigenvalue weighted by atomic mass is 9.91. The molecule has 30 heavy (non-hydrogen) atoms. The van der Waals surface area contributed by atoms with E-state index in [0.29, 0.717) is 17.9 Å². The highest BCUT2D eigenvalue weighted by molar-refractivity contribution is 7.99. The Labute approximate surface area is 177 Å². The second-order valence-corrected chi connectivity index (χ2v) is 8.10. The molecule has 4 amide bonds.